The molecule has 0 aliphatic rings. The second-order valence-electron chi connectivity index (χ2n) is 8.60. The highest BCUT2D eigenvalue weighted by Gasteiger charge is 2.26. The predicted octanol–water partition coefficient (Wildman–Crippen LogP) is 4.25. The van der Waals surface area contributed by atoms with Crippen LogP contribution in [0.2, 0.25) is 0 Å². The topological polar surface area (TPSA) is 145 Å². The summed E-state index contributed by atoms with van der Waals surface area (Å²) in [6, 6.07) is 14.3. The molecule has 1 aromatic heterocycles. The number of non-ortho nitro benzene ring substituents is 1. The largest absolute Gasteiger partial charge is 0.465 e. The lowest BCUT2D eigenvalue weighted by Gasteiger charge is -2.26. The summed E-state index contributed by atoms with van der Waals surface area (Å²) in [5.41, 5.74) is 0.916. The average molecular weight is 554 g/mol. The Morgan fingerprint density at radius 2 is 1.77 bits per heavy atom. The molecule has 1 N–H and O–H groups in total. The molecule has 0 fully saturated rings. The van der Waals surface area contributed by atoms with Gasteiger partial charge in [-0.05, 0) is 48.9 Å². The third-order valence-electron chi connectivity index (χ3n) is 6.02. The van der Waals surface area contributed by atoms with E-state index in [1.807, 2.05) is 0 Å². The molecule has 0 radical (unpaired) electrons. The lowest BCUT2D eigenvalue weighted by Crippen LogP contribution is -2.34. The summed E-state index contributed by atoms with van der Waals surface area (Å²) < 4.78 is 46.3. The number of hydrogen-bond acceptors (Lipinski definition) is 9. The van der Waals surface area contributed by atoms with Crippen molar-refractivity contribution in [3.63, 3.8) is 0 Å². The van der Waals surface area contributed by atoms with Crippen LogP contribution in [0.4, 0.5) is 15.9 Å². The zero-order chi connectivity index (χ0) is 28.3. The molecular formula is C26H24FN5O6S. The molecule has 0 bridgehead atoms. The van der Waals surface area contributed by atoms with Crippen LogP contribution in [0, 0.1) is 22.9 Å². The summed E-state index contributed by atoms with van der Waals surface area (Å²) in [6.45, 7) is 1.53. The van der Waals surface area contributed by atoms with E-state index in [0.29, 0.717) is 28.1 Å². The Morgan fingerprint density at radius 3 is 2.38 bits per heavy atom. The minimum atomic E-state index is -4.05. The van der Waals surface area contributed by atoms with E-state index in [4.69, 9.17) is 4.74 Å². The highest BCUT2D eigenvalue weighted by atomic mass is 32.2. The summed E-state index contributed by atoms with van der Waals surface area (Å²) in [4.78, 5) is 31.4. The van der Waals surface area contributed by atoms with Crippen LogP contribution in [0.15, 0.2) is 71.6 Å². The maximum absolute atomic E-state index is 13.7. The monoisotopic (exact) mass is 553 g/mol. The number of esters is 1. The number of benzene rings is 3. The van der Waals surface area contributed by atoms with Gasteiger partial charge in [-0.3, -0.25) is 10.1 Å². The van der Waals surface area contributed by atoms with E-state index in [9.17, 15) is 27.7 Å². The van der Waals surface area contributed by atoms with Gasteiger partial charge in [0.2, 0.25) is 10.0 Å². The maximum atomic E-state index is 13.7. The van der Waals surface area contributed by atoms with Crippen molar-refractivity contribution in [2.45, 2.75) is 17.9 Å². The Kier molecular flexibility index (Phi) is 7.83. The molecule has 1 atom stereocenters. The van der Waals surface area contributed by atoms with Gasteiger partial charge in [0.1, 0.15) is 17.5 Å². The summed E-state index contributed by atoms with van der Waals surface area (Å²) in [5, 5.41) is 14.7. The molecule has 0 unspecified atom stereocenters. The number of carbonyl (C=O) groups is 1. The third-order valence-corrected chi connectivity index (χ3v) is 7.86. The first kappa shape index (κ1) is 27.5. The molecule has 0 saturated heterocycles. The van der Waals surface area contributed by atoms with Crippen molar-refractivity contribution in [1.82, 2.24) is 14.3 Å². The number of sulfonamides is 1. The molecule has 0 saturated carbocycles. The number of aryl methyl sites for hydroxylation is 1. The number of nitro benzene ring substituents is 1. The van der Waals surface area contributed by atoms with Gasteiger partial charge in [0, 0.05) is 31.1 Å². The number of nitro groups is 1. The number of methoxy groups -OCH3 is 1. The van der Waals surface area contributed by atoms with Crippen LogP contribution in [0.3, 0.4) is 0 Å². The smallest absolute Gasteiger partial charge is 0.340 e. The van der Waals surface area contributed by atoms with Gasteiger partial charge in [-0.2, -0.15) is 4.31 Å². The van der Waals surface area contributed by atoms with Crippen LogP contribution >= 0.6 is 0 Å². The van der Waals surface area contributed by atoms with Crippen LogP contribution < -0.4 is 5.32 Å². The fraction of sp³-hybridized carbons (Fsp3) is 0.192. The minimum absolute atomic E-state index is 0.119. The van der Waals surface area contributed by atoms with Crippen molar-refractivity contribution >= 4 is 38.4 Å². The highest BCUT2D eigenvalue weighted by molar-refractivity contribution is 7.89. The number of nitrogens with zero attached hydrogens (tertiary/aromatic N) is 4. The van der Waals surface area contributed by atoms with Crippen molar-refractivity contribution in [3.05, 3.63) is 99.6 Å². The van der Waals surface area contributed by atoms with E-state index < -0.39 is 32.8 Å². The van der Waals surface area contributed by atoms with Gasteiger partial charge in [-0.25, -0.2) is 27.6 Å². The van der Waals surface area contributed by atoms with Crippen molar-refractivity contribution in [2.75, 3.05) is 26.0 Å². The van der Waals surface area contributed by atoms with Crippen molar-refractivity contribution in [1.29, 1.82) is 0 Å². The maximum Gasteiger partial charge on any atom is 0.340 e. The van der Waals surface area contributed by atoms with Crippen LogP contribution in [0.1, 0.15) is 27.8 Å². The Bertz CT molecular complexity index is 1650. The number of anilines is 1. The van der Waals surface area contributed by atoms with Crippen LogP contribution in [-0.4, -0.2) is 54.3 Å². The van der Waals surface area contributed by atoms with Crippen molar-refractivity contribution in [3.8, 4) is 0 Å². The number of halogens is 1. The Morgan fingerprint density at radius 1 is 1.10 bits per heavy atom. The minimum Gasteiger partial charge on any atom is -0.465 e. The first-order valence-electron chi connectivity index (χ1n) is 11.6. The van der Waals surface area contributed by atoms with Gasteiger partial charge in [0.25, 0.3) is 5.69 Å². The molecule has 0 aliphatic carbocycles. The molecule has 11 nitrogen and oxygen atoms in total. The predicted molar refractivity (Wildman–Crippen MR) is 141 cm³/mol. The summed E-state index contributed by atoms with van der Waals surface area (Å²) in [6.07, 6.45) is 0. The van der Waals surface area contributed by atoms with Crippen LogP contribution in [0.25, 0.3) is 10.9 Å². The number of fused-ring (bicyclic) bond motifs is 1. The second kappa shape index (κ2) is 11.1. The molecule has 39 heavy (non-hydrogen) atoms. The fourth-order valence-electron chi connectivity index (χ4n) is 4.02. The molecule has 0 aliphatic heterocycles. The lowest BCUT2D eigenvalue weighted by molar-refractivity contribution is -0.384. The first-order valence-corrected chi connectivity index (χ1v) is 13.0. The van der Waals surface area contributed by atoms with Crippen molar-refractivity contribution < 1.29 is 27.3 Å². The Labute approximate surface area is 223 Å². The van der Waals surface area contributed by atoms with E-state index in [-0.39, 0.29) is 22.7 Å². The van der Waals surface area contributed by atoms with Gasteiger partial charge in [-0.15, -0.1) is 0 Å². The number of likely N-dealkylation sites (N-methyl/N-ethyl adjacent to an activating group) is 1. The number of ether oxygens (including phenoxy) is 1. The molecule has 0 spiro atoms. The lowest BCUT2D eigenvalue weighted by atomic mass is 10.1. The van der Waals surface area contributed by atoms with Crippen LogP contribution in [-0.2, 0) is 14.8 Å². The third kappa shape index (κ3) is 5.84. The number of aromatic nitrogens is 2. The molecule has 0 amide bonds. The Hall–Kier alpha value is -4.49. The van der Waals surface area contributed by atoms with E-state index in [2.05, 4.69) is 15.3 Å². The summed E-state index contributed by atoms with van der Waals surface area (Å²) >= 11 is 0. The quantitative estimate of drug-likeness (QED) is 0.183. The number of para-hydroxylation sites is 1. The molecular weight excluding hydrogens is 529 g/mol. The second-order valence-corrected chi connectivity index (χ2v) is 10.6. The van der Waals surface area contributed by atoms with Gasteiger partial charge in [0.05, 0.1) is 34.1 Å². The number of nitrogens with one attached hydrogen (secondary N) is 1. The average Bonchev–Trinajstić information content (AvgIpc) is 2.92. The molecule has 1 heterocycles. The van der Waals surface area contributed by atoms with Gasteiger partial charge in [-0.1, -0.05) is 18.2 Å². The molecule has 3 aromatic carbocycles. The number of rotatable bonds is 9. The zero-order valence-corrected chi connectivity index (χ0v) is 22.0. The molecule has 4 rings (SSSR count). The van der Waals surface area contributed by atoms with E-state index in [0.717, 1.165) is 16.4 Å². The SMILES string of the molecule is COC(=O)c1cccc2c(N[C@H](CN(C)S(=O)(=O)c3ccc([N+](=O)[O-])cc3)c3ccc(F)cc3)nc(C)nc12. The van der Waals surface area contributed by atoms with Gasteiger partial charge < -0.3 is 10.1 Å². The Balaban J connectivity index is 1.74. The first-order chi connectivity index (χ1) is 18.5. The zero-order valence-electron chi connectivity index (χ0n) is 21.2. The standard InChI is InChI=1S/C26H24FN5O6S/c1-16-28-24-21(5-4-6-22(24)26(33)38-3)25(29-16)30-23(17-7-9-18(27)10-8-17)15-31(2)39(36,37)20-13-11-19(12-14-20)32(34)35/h4-14,23H,15H2,1-3H3,(H,28,29,30)/t23-/m1/s1. The molecule has 4 aromatic rings. The van der Waals surface area contributed by atoms with E-state index in [1.54, 1.807) is 25.1 Å². The highest BCUT2D eigenvalue weighted by Crippen LogP contribution is 2.29. The fourth-order valence-corrected chi connectivity index (χ4v) is 5.20. The van der Waals surface area contributed by atoms with Crippen molar-refractivity contribution in [2.24, 2.45) is 0 Å². The summed E-state index contributed by atoms with van der Waals surface area (Å²) in [5.74, 6) is -0.353. The van der Waals surface area contributed by atoms with E-state index in [1.165, 1.54) is 50.6 Å². The number of carbonyl (C=O) groups excluding carboxylic acids is 1. The van der Waals surface area contributed by atoms with E-state index >= 15 is 0 Å². The summed E-state index contributed by atoms with van der Waals surface area (Å²) in [7, 11) is -1.42. The number of hydrogen-bond donors (Lipinski definition) is 1. The normalized spacial score (nSPS) is 12.3. The molecule has 13 heteroatoms. The van der Waals surface area contributed by atoms with Gasteiger partial charge in [0.15, 0.2) is 0 Å². The molecule has 202 valence electrons. The van der Waals surface area contributed by atoms with Crippen LogP contribution in [0.5, 0.6) is 0 Å². The van der Waals surface area contributed by atoms with Gasteiger partial charge >= 0.3 is 5.97 Å².